The first-order chi connectivity index (χ1) is 17.0. The molecule has 1 fully saturated rings. The van der Waals surface area contributed by atoms with E-state index in [2.05, 4.69) is 31.8 Å². The Bertz CT molecular complexity index is 1390. The standard InChI is InChI=1S/C26H28ClN7O/c1-16-10-24(35-2)30-13-19(16)17-11-23-25(31-12-18-6-5-9-29-18)20(14-32-34(23)15-17)26(28)33-22-8-4-3-7-21(22)27/h3-4,7-8,10-11,13-15,18,29,31H,5-6,9,12H2,1-2H3,(H2,28,33)/t18-/m1/s1. The summed E-state index contributed by atoms with van der Waals surface area (Å²) in [5.41, 5.74) is 12.7. The van der Waals surface area contributed by atoms with Gasteiger partial charge in [-0.2, -0.15) is 5.10 Å². The summed E-state index contributed by atoms with van der Waals surface area (Å²) in [6.45, 7) is 3.86. The maximum Gasteiger partial charge on any atom is 0.213 e. The predicted molar refractivity (Wildman–Crippen MR) is 141 cm³/mol. The number of fused-ring (bicyclic) bond motifs is 1. The summed E-state index contributed by atoms with van der Waals surface area (Å²) < 4.78 is 7.12. The van der Waals surface area contributed by atoms with Crippen molar-refractivity contribution in [2.45, 2.75) is 25.8 Å². The minimum Gasteiger partial charge on any atom is -0.481 e. The molecule has 1 saturated heterocycles. The fourth-order valence-corrected chi connectivity index (χ4v) is 4.59. The summed E-state index contributed by atoms with van der Waals surface area (Å²) in [5, 5.41) is 12.3. The van der Waals surface area contributed by atoms with Gasteiger partial charge in [-0.3, -0.25) is 0 Å². The second-order valence-corrected chi connectivity index (χ2v) is 9.06. The molecule has 0 saturated carbocycles. The number of pyridine rings is 1. The number of rotatable bonds is 7. The molecule has 0 spiro atoms. The highest BCUT2D eigenvalue weighted by atomic mass is 35.5. The van der Waals surface area contributed by atoms with Crippen LogP contribution >= 0.6 is 11.6 Å². The third-order valence-corrected chi connectivity index (χ3v) is 6.62. The normalized spacial score (nSPS) is 16.1. The monoisotopic (exact) mass is 489 g/mol. The van der Waals surface area contributed by atoms with E-state index in [1.807, 2.05) is 48.1 Å². The van der Waals surface area contributed by atoms with Gasteiger partial charge >= 0.3 is 0 Å². The van der Waals surface area contributed by atoms with Crippen molar-refractivity contribution in [1.29, 1.82) is 0 Å². The molecule has 1 atom stereocenters. The fourth-order valence-electron chi connectivity index (χ4n) is 4.42. The number of methoxy groups -OCH3 is 1. The molecule has 3 aromatic heterocycles. The molecule has 0 amide bonds. The number of halogens is 1. The van der Waals surface area contributed by atoms with Crippen molar-refractivity contribution in [2.75, 3.05) is 25.5 Å². The lowest BCUT2D eigenvalue weighted by Crippen LogP contribution is -2.30. The van der Waals surface area contributed by atoms with Crippen LogP contribution < -0.4 is 21.1 Å². The zero-order valence-corrected chi connectivity index (χ0v) is 20.5. The SMILES string of the molecule is COc1cc(C)c(-c2cc3c(NC[C@H]4CCCN4)c(C(N)=Nc4ccccc4Cl)cnn3c2)cn1. The number of benzene rings is 1. The summed E-state index contributed by atoms with van der Waals surface area (Å²) in [6.07, 6.45) is 7.88. The average Bonchev–Trinajstić information content (AvgIpc) is 3.53. The first-order valence-corrected chi connectivity index (χ1v) is 12.0. The molecule has 8 nitrogen and oxygen atoms in total. The average molecular weight is 490 g/mol. The maximum atomic E-state index is 6.51. The Hall–Kier alpha value is -3.62. The summed E-state index contributed by atoms with van der Waals surface area (Å²) >= 11 is 6.32. The quantitative estimate of drug-likeness (QED) is 0.259. The molecule has 4 heterocycles. The molecule has 0 radical (unpaired) electrons. The summed E-state index contributed by atoms with van der Waals surface area (Å²) in [4.78, 5) is 9.00. The number of aryl methyl sites for hydroxylation is 1. The minimum absolute atomic E-state index is 0.347. The molecule has 9 heteroatoms. The van der Waals surface area contributed by atoms with Gasteiger partial charge in [0, 0.05) is 42.2 Å². The first kappa shape index (κ1) is 23.1. The van der Waals surface area contributed by atoms with Gasteiger partial charge in [-0.15, -0.1) is 0 Å². The van der Waals surface area contributed by atoms with Crippen molar-refractivity contribution in [3.05, 3.63) is 71.1 Å². The van der Waals surface area contributed by atoms with E-state index in [0.29, 0.717) is 28.5 Å². The Labute approximate surface area is 209 Å². The van der Waals surface area contributed by atoms with Gasteiger partial charge in [-0.05, 0) is 50.1 Å². The topological polar surface area (TPSA) is 102 Å². The molecule has 1 aromatic carbocycles. The third kappa shape index (κ3) is 4.80. The van der Waals surface area contributed by atoms with Gasteiger partial charge in [-0.1, -0.05) is 23.7 Å². The Morgan fingerprint density at radius 1 is 1.31 bits per heavy atom. The summed E-state index contributed by atoms with van der Waals surface area (Å²) in [6, 6.07) is 11.8. The molecule has 4 N–H and O–H groups in total. The highest BCUT2D eigenvalue weighted by Gasteiger charge is 2.19. The van der Waals surface area contributed by atoms with Gasteiger partial charge in [0.1, 0.15) is 5.84 Å². The van der Waals surface area contributed by atoms with E-state index in [1.54, 1.807) is 19.4 Å². The number of nitrogens with one attached hydrogen (secondary N) is 2. The van der Waals surface area contributed by atoms with Crippen molar-refractivity contribution in [3.8, 4) is 17.0 Å². The second kappa shape index (κ2) is 9.93. The molecule has 180 valence electrons. The third-order valence-electron chi connectivity index (χ3n) is 6.30. The van der Waals surface area contributed by atoms with Crippen molar-refractivity contribution < 1.29 is 4.74 Å². The van der Waals surface area contributed by atoms with Crippen LogP contribution in [0.4, 0.5) is 11.4 Å². The number of nitrogens with two attached hydrogens (primary N) is 1. The Morgan fingerprint density at radius 3 is 2.91 bits per heavy atom. The molecular formula is C26H28ClN7O. The van der Waals surface area contributed by atoms with Gasteiger partial charge in [-0.25, -0.2) is 14.5 Å². The number of ether oxygens (including phenoxy) is 1. The Morgan fingerprint density at radius 2 is 2.17 bits per heavy atom. The maximum absolute atomic E-state index is 6.51. The number of para-hydroxylation sites is 1. The van der Waals surface area contributed by atoms with E-state index in [4.69, 9.17) is 22.1 Å². The van der Waals surface area contributed by atoms with Crippen molar-refractivity contribution in [1.82, 2.24) is 19.9 Å². The van der Waals surface area contributed by atoms with Crippen LogP contribution in [0.15, 0.2) is 60.0 Å². The zero-order chi connectivity index (χ0) is 24.4. The Balaban J connectivity index is 1.59. The number of hydrogen-bond acceptors (Lipinski definition) is 6. The number of aromatic nitrogens is 3. The zero-order valence-electron chi connectivity index (χ0n) is 19.8. The van der Waals surface area contributed by atoms with Gasteiger partial charge in [0.15, 0.2) is 0 Å². The predicted octanol–water partition coefficient (Wildman–Crippen LogP) is 4.57. The molecule has 0 bridgehead atoms. The highest BCUT2D eigenvalue weighted by Crippen LogP contribution is 2.32. The molecule has 0 unspecified atom stereocenters. The van der Waals surface area contributed by atoms with E-state index in [-0.39, 0.29) is 0 Å². The van der Waals surface area contributed by atoms with Gasteiger partial charge in [0.2, 0.25) is 5.88 Å². The fraction of sp³-hybridized carbons (Fsp3) is 0.269. The van der Waals surface area contributed by atoms with E-state index < -0.39 is 0 Å². The van der Waals surface area contributed by atoms with Crippen LogP contribution in [0.1, 0.15) is 24.0 Å². The number of anilines is 1. The van der Waals surface area contributed by atoms with Crippen LogP contribution in [0.25, 0.3) is 16.6 Å². The van der Waals surface area contributed by atoms with Crippen LogP contribution in [0.3, 0.4) is 0 Å². The molecule has 1 aliphatic rings. The molecule has 1 aliphatic heterocycles. The summed E-state index contributed by atoms with van der Waals surface area (Å²) in [5.74, 6) is 0.936. The Kier molecular flexibility index (Phi) is 6.57. The van der Waals surface area contributed by atoms with E-state index in [9.17, 15) is 0 Å². The van der Waals surface area contributed by atoms with Crippen molar-refractivity contribution >= 4 is 34.3 Å². The van der Waals surface area contributed by atoms with Crippen LogP contribution in [0.2, 0.25) is 5.02 Å². The number of amidine groups is 1. The van der Waals surface area contributed by atoms with Gasteiger partial charge in [0.05, 0.1) is 40.8 Å². The van der Waals surface area contributed by atoms with Gasteiger partial charge < -0.3 is 21.1 Å². The highest BCUT2D eigenvalue weighted by molar-refractivity contribution is 6.33. The first-order valence-electron chi connectivity index (χ1n) is 11.6. The minimum atomic E-state index is 0.347. The lowest BCUT2D eigenvalue weighted by atomic mass is 10.1. The lowest BCUT2D eigenvalue weighted by molar-refractivity contribution is 0.397. The van der Waals surface area contributed by atoms with Crippen LogP contribution in [0.5, 0.6) is 5.88 Å². The van der Waals surface area contributed by atoms with E-state index in [0.717, 1.165) is 53.0 Å². The molecular weight excluding hydrogens is 462 g/mol. The molecule has 0 aliphatic carbocycles. The second-order valence-electron chi connectivity index (χ2n) is 8.66. The molecule has 4 aromatic rings. The molecule has 5 rings (SSSR count). The van der Waals surface area contributed by atoms with E-state index >= 15 is 0 Å². The van der Waals surface area contributed by atoms with E-state index in [1.165, 1.54) is 6.42 Å². The summed E-state index contributed by atoms with van der Waals surface area (Å²) in [7, 11) is 1.62. The van der Waals surface area contributed by atoms with Crippen molar-refractivity contribution in [3.63, 3.8) is 0 Å². The largest absolute Gasteiger partial charge is 0.481 e. The number of hydrogen-bond donors (Lipinski definition) is 3. The van der Waals surface area contributed by atoms with Crippen LogP contribution in [-0.2, 0) is 0 Å². The van der Waals surface area contributed by atoms with Crippen molar-refractivity contribution in [2.24, 2.45) is 10.7 Å². The van der Waals surface area contributed by atoms with Crippen LogP contribution in [-0.4, -0.2) is 46.7 Å². The van der Waals surface area contributed by atoms with Gasteiger partial charge in [0.25, 0.3) is 0 Å². The number of nitrogens with zero attached hydrogens (tertiary/aromatic N) is 4. The smallest absolute Gasteiger partial charge is 0.213 e. The lowest BCUT2D eigenvalue weighted by Gasteiger charge is -2.16. The van der Waals surface area contributed by atoms with Crippen LogP contribution in [0, 0.1) is 6.92 Å². The molecule has 35 heavy (non-hydrogen) atoms. The number of aliphatic imine (C=N–C) groups is 1.